The molecule has 6 aromatic carbocycles. The van der Waals surface area contributed by atoms with Gasteiger partial charge in [-0.05, 0) is 80.3 Å². The first kappa shape index (κ1) is 45.2. The summed E-state index contributed by atoms with van der Waals surface area (Å²) in [7, 11) is 0. The van der Waals surface area contributed by atoms with Gasteiger partial charge in [0, 0.05) is 55.6 Å². The van der Waals surface area contributed by atoms with Gasteiger partial charge in [0.05, 0.1) is 0 Å². The van der Waals surface area contributed by atoms with E-state index in [0.717, 1.165) is 22.3 Å². The highest BCUT2D eigenvalue weighted by molar-refractivity contribution is 6.19. The number of carbonyl (C=O) groups is 5. The molecule has 5 heteroatoms. The predicted octanol–water partition coefficient (Wildman–Crippen LogP) is 13.0. The van der Waals surface area contributed by atoms with Gasteiger partial charge in [0.2, 0.25) is 0 Å². The van der Waals surface area contributed by atoms with Crippen molar-refractivity contribution in [2.45, 2.75) is 105 Å². The van der Waals surface area contributed by atoms with Crippen LogP contribution in [-0.4, -0.2) is 28.9 Å². The molecule has 0 spiro atoms. The smallest absolute Gasteiger partial charge is 0.193 e. The molecule has 0 radical (unpaired) electrons. The van der Waals surface area contributed by atoms with E-state index < -0.39 is 5.78 Å². The van der Waals surface area contributed by atoms with Crippen LogP contribution in [0.25, 0.3) is 0 Å². The second kappa shape index (κ2) is 16.9. The molecule has 0 aliphatic carbocycles. The van der Waals surface area contributed by atoms with Crippen molar-refractivity contribution < 1.29 is 24.0 Å². The van der Waals surface area contributed by atoms with Gasteiger partial charge in [0.1, 0.15) is 0 Å². The topological polar surface area (TPSA) is 85.3 Å². The Hall–Kier alpha value is -6.33. The number of benzene rings is 6. The lowest BCUT2D eigenvalue weighted by atomic mass is 9.85. The summed E-state index contributed by atoms with van der Waals surface area (Å²) in [5.74, 6) is -1.96. The molecule has 62 heavy (non-hydrogen) atoms. The quantitative estimate of drug-likeness (QED) is 0.128. The van der Waals surface area contributed by atoms with Gasteiger partial charge in [-0.2, -0.15) is 0 Å². The van der Waals surface area contributed by atoms with Crippen LogP contribution in [0.2, 0.25) is 0 Å². The van der Waals surface area contributed by atoms with Crippen LogP contribution < -0.4 is 0 Å². The van der Waals surface area contributed by atoms with Gasteiger partial charge in [0.25, 0.3) is 0 Å². The Morgan fingerprint density at radius 1 is 0.226 bits per heavy atom. The number of hydrogen-bond donors (Lipinski definition) is 0. The van der Waals surface area contributed by atoms with Crippen molar-refractivity contribution in [1.82, 2.24) is 0 Å². The molecule has 0 atom stereocenters. The zero-order chi connectivity index (χ0) is 45.5. The molecule has 5 nitrogen and oxygen atoms in total. The fraction of sp³-hybridized carbons (Fsp3) is 0.281. The number of carbonyl (C=O) groups excluding carboxylic acids is 5. The van der Waals surface area contributed by atoms with Crippen molar-refractivity contribution in [3.63, 3.8) is 0 Å². The lowest BCUT2D eigenvalue weighted by Gasteiger charge is -2.19. The van der Waals surface area contributed by atoms with E-state index in [1.807, 2.05) is 48.5 Å². The Morgan fingerprint density at radius 3 is 0.484 bits per heavy atom. The SMILES string of the molecule is CC(C)(C)c1ccc(C(=O)c2cc(C(=O)c3ccc(C(C)(C)C)cc3)cc(C(=O)c3cc(C(=O)c4ccc(C(C)(C)C)cc4)cc(C(=O)c4ccc(C(C)(C)C)cc4)c3)c2)cc1. The van der Waals surface area contributed by atoms with Crippen molar-refractivity contribution in [3.8, 4) is 0 Å². The lowest BCUT2D eigenvalue weighted by molar-refractivity contribution is 0.102. The molecule has 0 saturated heterocycles. The molecule has 0 fully saturated rings. The molecule has 0 amide bonds. The van der Waals surface area contributed by atoms with Gasteiger partial charge >= 0.3 is 0 Å². The van der Waals surface area contributed by atoms with E-state index in [-0.39, 0.29) is 78.2 Å². The molecule has 0 heterocycles. The summed E-state index contributed by atoms with van der Waals surface area (Å²) in [6, 6.07) is 38.5. The van der Waals surface area contributed by atoms with Crippen LogP contribution >= 0.6 is 0 Å². The van der Waals surface area contributed by atoms with Gasteiger partial charge in [-0.15, -0.1) is 0 Å². The van der Waals surface area contributed by atoms with Gasteiger partial charge in [-0.3, -0.25) is 24.0 Å². The minimum atomic E-state index is -0.547. The average Bonchev–Trinajstić information content (AvgIpc) is 3.23. The highest BCUT2D eigenvalue weighted by Gasteiger charge is 2.25. The number of hydrogen-bond acceptors (Lipinski definition) is 5. The molecule has 0 saturated carbocycles. The molecule has 6 aromatic rings. The molecule has 0 N–H and O–H groups in total. The van der Waals surface area contributed by atoms with E-state index in [1.54, 1.807) is 48.5 Å². The second-order valence-electron chi connectivity index (χ2n) is 20.6. The second-order valence-corrected chi connectivity index (χ2v) is 20.6. The third-order valence-corrected chi connectivity index (χ3v) is 11.5. The summed E-state index contributed by atoms with van der Waals surface area (Å²) < 4.78 is 0. The molecule has 0 bridgehead atoms. The van der Waals surface area contributed by atoms with Crippen LogP contribution in [0.3, 0.4) is 0 Å². The molecule has 0 unspecified atom stereocenters. The van der Waals surface area contributed by atoms with E-state index in [4.69, 9.17) is 0 Å². The maximum atomic E-state index is 14.9. The van der Waals surface area contributed by atoms with E-state index >= 15 is 0 Å². The third kappa shape index (κ3) is 10.1. The Labute approximate surface area is 367 Å². The zero-order valence-corrected chi connectivity index (χ0v) is 38.2. The highest BCUT2D eigenvalue weighted by atomic mass is 16.1. The van der Waals surface area contributed by atoms with Crippen molar-refractivity contribution in [1.29, 1.82) is 0 Å². The first-order valence-electron chi connectivity index (χ1n) is 21.3. The van der Waals surface area contributed by atoms with Crippen LogP contribution in [0.4, 0.5) is 0 Å². The minimum Gasteiger partial charge on any atom is -0.289 e. The number of rotatable bonds is 10. The van der Waals surface area contributed by atoms with Gasteiger partial charge < -0.3 is 0 Å². The summed E-state index contributed by atoms with van der Waals surface area (Å²) in [5, 5.41) is 0. The zero-order valence-electron chi connectivity index (χ0n) is 38.2. The Balaban J connectivity index is 1.49. The first-order valence-corrected chi connectivity index (χ1v) is 21.3. The van der Waals surface area contributed by atoms with Crippen molar-refractivity contribution >= 4 is 28.9 Å². The average molecular weight is 823 g/mol. The molecule has 0 aliphatic rings. The molecule has 316 valence electrons. The predicted molar refractivity (Wildman–Crippen MR) is 251 cm³/mol. The monoisotopic (exact) mass is 822 g/mol. The Morgan fingerprint density at radius 2 is 0.355 bits per heavy atom. The van der Waals surface area contributed by atoms with Gasteiger partial charge in [-0.25, -0.2) is 0 Å². The van der Waals surface area contributed by atoms with E-state index in [2.05, 4.69) is 83.1 Å². The summed E-state index contributed by atoms with van der Waals surface area (Å²) in [5.41, 5.74) is 6.15. The fourth-order valence-electron chi connectivity index (χ4n) is 7.36. The molecule has 0 aromatic heterocycles. The van der Waals surface area contributed by atoms with Crippen LogP contribution in [-0.2, 0) is 21.7 Å². The highest BCUT2D eigenvalue weighted by Crippen LogP contribution is 2.29. The molecular weight excluding hydrogens is 765 g/mol. The summed E-state index contributed by atoms with van der Waals surface area (Å²) >= 11 is 0. The van der Waals surface area contributed by atoms with Crippen LogP contribution in [0.1, 0.15) is 185 Å². The fourth-order valence-corrected chi connectivity index (χ4v) is 7.36. The summed E-state index contributed by atoms with van der Waals surface area (Å²) in [4.78, 5) is 71.8. The van der Waals surface area contributed by atoms with Crippen LogP contribution in [0.15, 0.2) is 133 Å². The van der Waals surface area contributed by atoms with E-state index in [9.17, 15) is 24.0 Å². The van der Waals surface area contributed by atoms with Crippen molar-refractivity contribution in [2.75, 3.05) is 0 Å². The maximum Gasteiger partial charge on any atom is 0.193 e. The van der Waals surface area contributed by atoms with Gasteiger partial charge in [-0.1, -0.05) is 180 Å². The molecular formula is C57H58O5. The number of ketones is 5. The summed E-state index contributed by atoms with van der Waals surface area (Å²) in [6.45, 7) is 25.1. The Bertz CT molecular complexity index is 2320. The lowest BCUT2D eigenvalue weighted by Crippen LogP contribution is -2.14. The standard InChI is InChI=1S/C57H58O5/c1-54(2,3)45-21-13-35(14-22-45)49(58)39-29-40(50(59)36-15-23-46(24-16-36)55(4,5)6)32-43(31-39)53(62)44-33-41(51(60)37-17-25-47(26-18-37)56(7,8)9)30-42(34-44)52(61)38-19-27-48(28-20-38)57(10,11)12/h13-34H,1-12H3. The minimum absolute atomic E-state index is 0.0730. The Kier molecular flexibility index (Phi) is 12.3. The largest absolute Gasteiger partial charge is 0.289 e. The van der Waals surface area contributed by atoms with Crippen LogP contribution in [0, 0.1) is 0 Å². The summed E-state index contributed by atoms with van der Waals surface area (Å²) in [6.07, 6.45) is 0. The van der Waals surface area contributed by atoms with Gasteiger partial charge in [0.15, 0.2) is 28.9 Å². The van der Waals surface area contributed by atoms with E-state index in [1.165, 1.54) is 36.4 Å². The molecule has 6 rings (SSSR count). The molecule has 0 aliphatic heterocycles. The van der Waals surface area contributed by atoms with Crippen molar-refractivity contribution in [3.05, 3.63) is 211 Å². The third-order valence-electron chi connectivity index (χ3n) is 11.5. The maximum absolute atomic E-state index is 14.9. The van der Waals surface area contributed by atoms with E-state index in [0.29, 0.717) is 22.3 Å². The van der Waals surface area contributed by atoms with Crippen molar-refractivity contribution in [2.24, 2.45) is 0 Å². The van der Waals surface area contributed by atoms with Crippen LogP contribution in [0.5, 0.6) is 0 Å². The first-order chi connectivity index (χ1) is 28.8. The normalized spacial score (nSPS) is 12.2.